The third kappa shape index (κ3) is 3.51. The van der Waals surface area contributed by atoms with Gasteiger partial charge < -0.3 is 10.1 Å². The Balaban J connectivity index is 1.98. The molecule has 0 saturated heterocycles. The van der Waals surface area contributed by atoms with Gasteiger partial charge in [0, 0.05) is 24.7 Å². The lowest BCUT2D eigenvalue weighted by atomic mass is 10.2. The summed E-state index contributed by atoms with van der Waals surface area (Å²) < 4.78 is 6.09. The summed E-state index contributed by atoms with van der Waals surface area (Å²) in [5.74, 6) is 0.332. The maximum atomic E-state index is 11.1. The van der Waals surface area contributed by atoms with Gasteiger partial charge >= 0.3 is 5.97 Å². The van der Waals surface area contributed by atoms with E-state index in [2.05, 4.69) is 25.1 Å². The van der Waals surface area contributed by atoms with Gasteiger partial charge in [-0.2, -0.15) is 5.10 Å². The second-order valence-electron chi connectivity index (χ2n) is 3.97. The smallest absolute Gasteiger partial charge is 0.327 e. The molecular formula is C12H15N5O2. The number of aromatic nitrogens is 4. The van der Waals surface area contributed by atoms with Crippen molar-refractivity contribution in [2.24, 2.45) is 0 Å². The highest BCUT2D eigenvalue weighted by atomic mass is 16.5. The number of nitrogens with zero attached hydrogens (tertiary/aromatic N) is 4. The zero-order valence-corrected chi connectivity index (χ0v) is 10.8. The van der Waals surface area contributed by atoms with E-state index in [4.69, 9.17) is 0 Å². The molecule has 0 radical (unpaired) electrons. The highest BCUT2D eigenvalue weighted by Crippen LogP contribution is 2.14. The summed E-state index contributed by atoms with van der Waals surface area (Å²) in [6.07, 6.45) is 6.68. The number of anilines is 1. The molecule has 7 nitrogen and oxygen atoms in total. The number of esters is 1. The summed E-state index contributed by atoms with van der Waals surface area (Å²) in [7, 11) is 1.35. The van der Waals surface area contributed by atoms with Gasteiger partial charge in [0.15, 0.2) is 0 Å². The largest absolute Gasteiger partial charge is 0.468 e. The minimum absolute atomic E-state index is 0.0184. The van der Waals surface area contributed by atoms with Crippen molar-refractivity contribution >= 4 is 11.8 Å². The molecule has 7 heteroatoms. The molecule has 2 aromatic rings. The summed E-state index contributed by atoms with van der Waals surface area (Å²) in [6.45, 7) is 2.06. The van der Waals surface area contributed by atoms with Crippen LogP contribution >= 0.6 is 0 Å². The van der Waals surface area contributed by atoms with Crippen molar-refractivity contribution in [3.05, 3.63) is 36.5 Å². The van der Waals surface area contributed by atoms with Crippen LogP contribution < -0.4 is 5.32 Å². The predicted octanol–water partition coefficient (Wildman–Crippen LogP) is 1.02. The normalized spacial score (nSPS) is 11.9. The molecule has 100 valence electrons. The first-order valence-corrected chi connectivity index (χ1v) is 5.82. The Morgan fingerprint density at radius 2 is 2.37 bits per heavy atom. The third-order valence-corrected chi connectivity index (χ3v) is 2.55. The Hall–Kier alpha value is -2.44. The van der Waals surface area contributed by atoms with Gasteiger partial charge in [0.2, 0.25) is 0 Å². The number of carbonyl (C=O) groups is 1. The first kappa shape index (κ1) is 13.0. The average molecular weight is 261 g/mol. The van der Waals surface area contributed by atoms with Crippen LogP contribution in [0.25, 0.3) is 0 Å². The topological polar surface area (TPSA) is 81.9 Å². The summed E-state index contributed by atoms with van der Waals surface area (Å²) in [5.41, 5.74) is 0.824. The fourth-order valence-electron chi connectivity index (χ4n) is 1.55. The lowest BCUT2D eigenvalue weighted by Crippen LogP contribution is -2.13. The van der Waals surface area contributed by atoms with Crippen molar-refractivity contribution in [2.75, 3.05) is 12.4 Å². The Kier molecular flexibility index (Phi) is 4.07. The van der Waals surface area contributed by atoms with Gasteiger partial charge in [-0.05, 0) is 6.92 Å². The van der Waals surface area contributed by atoms with Crippen LogP contribution in [-0.4, -0.2) is 32.8 Å². The maximum absolute atomic E-state index is 11.1. The van der Waals surface area contributed by atoms with E-state index in [1.807, 2.05) is 6.92 Å². The highest BCUT2D eigenvalue weighted by molar-refractivity contribution is 5.68. The second kappa shape index (κ2) is 5.94. The van der Waals surface area contributed by atoms with E-state index in [0.29, 0.717) is 5.82 Å². The maximum Gasteiger partial charge on any atom is 0.327 e. The third-order valence-electron chi connectivity index (χ3n) is 2.55. The lowest BCUT2D eigenvalue weighted by molar-refractivity contribution is -0.141. The van der Waals surface area contributed by atoms with Gasteiger partial charge in [-0.25, -0.2) is 0 Å². The van der Waals surface area contributed by atoms with Crippen LogP contribution in [0.3, 0.4) is 0 Å². The number of hydrogen-bond acceptors (Lipinski definition) is 6. The van der Waals surface area contributed by atoms with Gasteiger partial charge in [-0.3, -0.25) is 19.4 Å². The van der Waals surface area contributed by atoms with Crippen molar-refractivity contribution in [3.63, 3.8) is 0 Å². The van der Waals surface area contributed by atoms with Gasteiger partial charge in [0.1, 0.15) is 12.4 Å². The lowest BCUT2D eigenvalue weighted by Gasteiger charge is -2.11. The molecule has 2 heterocycles. The zero-order chi connectivity index (χ0) is 13.7. The van der Waals surface area contributed by atoms with E-state index in [0.717, 1.165) is 5.69 Å². The van der Waals surface area contributed by atoms with Crippen LogP contribution in [0, 0.1) is 0 Å². The fourth-order valence-corrected chi connectivity index (χ4v) is 1.55. The number of rotatable bonds is 5. The monoisotopic (exact) mass is 261 g/mol. The molecule has 2 aromatic heterocycles. The quantitative estimate of drug-likeness (QED) is 0.809. The molecule has 0 aliphatic heterocycles. The minimum atomic E-state index is -0.336. The van der Waals surface area contributed by atoms with Crippen LogP contribution in [0.4, 0.5) is 5.82 Å². The van der Waals surface area contributed by atoms with Crippen LogP contribution in [0.5, 0.6) is 0 Å². The SMILES string of the molecule is COC(=O)Cn1ccc(NC(C)c2cnccn2)n1. The van der Waals surface area contributed by atoms with Crippen molar-refractivity contribution < 1.29 is 9.53 Å². The number of nitrogens with one attached hydrogen (secondary N) is 1. The molecule has 0 spiro atoms. The number of carbonyl (C=O) groups excluding carboxylic acids is 1. The predicted molar refractivity (Wildman–Crippen MR) is 68.3 cm³/mol. The van der Waals surface area contributed by atoms with Crippen LogP contribution in [0.1, 0.15) is 18.7 Å². The molecule has 0 amide bonds. The molecule has 1 N–H and O–H groups in total. The van der Waals surface area contributed by atoms with Crippen molar-refractivity contribution in [2.45, 2.75) is 19.5 Å². The zero-order valence-electron chi connectivity index (χ0n) is 10.8. The van der Waals surface area contributed by atoms with Crippen LogP contribution in [0.2, 0.25) is 0 Å². The minimum Gasteiger partial charge on any atom is -0.468 e. The average Bonchev–Trinajstić information content (AvgIpc) is 2.86. The molecular weight excluding hydrogens is 246 g/mol. The van der Waals surface area contributed by atoms with Gasteiger partial charge in [-0.1, -0.05) is 0 Å². The van der Waals surface area contributed by atoms with E-state index < -0.39 is 0 Å². The molecule has 1 atom stereocenters. The Morgan fingerprint density at radius 1 is 1.53 bits per heavy atom. The van der Waals surface area contributed by atoms with Gasteiger partial charge in [0.05, 0.1) is 25.0 Å². The molecule has 2 rings (SSSR count). The summed E-state index contributed by atoms with van der Waals surface area (Å²) in [6, 6.07) is 1.77. The Labute approximate surface area is 110 Å². The molecule has 0 aliphatic rings. The number of methoxy groups -OCH3 is 1. The van der Waals surface area contributed by atoms with Gasteiger partial charge in [-0.15, -0.1) is 0 Å². The van der Waals surface area contributed by atoms with Crippen molar-refractivity contribution in [3.8, 4) is 0 Å². The van der Waals surface area contributed by atoms with Crippen LogP contribution in [-0.2, 0) is 16.1 Å². The molecule has 0 aromatic carbocycles. The molecule has 0 fully saturated rings. The van der Waals surface area contributed by atoms with Gasteiger partial charge in [0.25, 0.3) is 0 Å². The standard InChI is InChI=1S/C12H15N5O2/c1-9(10-7-13-4-5-14-10)15-11-3-6-17(16-11)8-12(18)19-2/h3-7,9H,8H2,1-2H3,(H,15,16). The summed E-state index contributed by atoms with van der Waals surface area (Å²) >= 11 is 0. The first-order chi connectivity index (χ1) is 9.19. The van der Waals surface area contributed by atoms with Crippen molar-refractivity contribution in [1.29, 1.82) is 0 Å². The Morgan fingerprint density at radius 3 is 3.05 bits per heavy atom. The molecule has 0 bridgehead atoms. The van der Waals surface area contributed by atoms with E-state index in [9.17, 15) is 4.79 Å². The van der Waals surface area contributed by atoms with Crippen LogP contribution in [0.15, 0.2) is 30.9 Å². The first-order valence-electron chi connectivity index (χ1n) is 5.82. The number of hydrogen-bond donors (Lipinski definition) is 1. The highest BCUT2D eigenvalue weighted by Gasteiger charge is 2.09. The van der Waals surface area contributed by atoms with Crippen molar-refractivity contribution in [1.82, 2.24) is 19.7 Å². The van der Waals surface area contributed by atoms with E-state index >= 15 is 0 Å². The van der Waals surface area contributed by atoms with E-state index in [1.165, 1.54) is 11.8 Å². The van der Waals surface area contributed by atoms with E-state index in [1.54, 1.807) is 30.9 Å². The Bertz CT molecular complexity index is 540. The molecule has 19 heavy (non-hydrogen) atoms. The molecule has 0 saturated carbocycles. The fraction of sp³-hybridized carbons (Fsp3) is 0.333. The summed E-state index contributed by atoms with van der Waals surface area (Å²) in [5, 5.41) is 7.40. The van der Waals surface area contributed by atoms with E-state index in [-0.39, 0.29) is 18.6 Å². The summed E-state index contributed by atoms with van der Waals surface area (Å²) in [4.78, 5) is 19.3. The molecule has 0 aliphatic carbocycles. The second-order valence-corrected chi connectivity index (χ2v) is 3.97. The molecule has 1 unspecified atom stereocenters. The number of ether oxygens (including phenoxy) is 1.